The molecule has 2 rings (SSSR count). The number of rotatable bonds is 4. The molecule has 2 aromatic rings. The summed E-state index contributed by atoms with van der Waals surface area (Å²) in [4.78, 5) is 12.4. The van der Waals surface area contributed by atoms with Crippen molar-refractivity contribution in [2.75, 3.05) is 0 Å². The number of aromatic nitrogens is 3. The average molecular weight is 325 g/mol. The summed E-state index contributed by atoms with van der Waals surface area (Å²) in [5.74, 6) is 0. The monoisotopic (exact) mass is 325 g/mol. The first kappa shape index (κ1) is 17.2. The highest BCUT2D eigenvalue weighted by molar-refractivity contribution is 5.68. The van der Waals surface area contributed by atoms with E-state index in [9.17, 15) is 18.0 Å². The van der Waals surface area contributed by atoms with Crippen LogP contribution in [0.1, 0.15) is 37.6 Å². The van der Waals surface area contributed by atoms with Crippen LogP contribution in [0.4, 0.5) is 13.2 Å². The van der Waals surface area contributed by atoms with Crippen molar-refractivity contribution in [3.63, 3.8) is 0 Å². The van der Waals surface area contributed by atoms with Crippen LogP contribution >= 0.6 is 0 Å². The Bertz CT molecular complexity index is 752. The lowest BCUT2D eigenvalue weighted by Crippen LogP contribution is -2.33. The van der Waals surface area contributed by atoms with Crippen molar-refractivity contribution >= 4 is 0 Å². The van der Waals surface area contributed by atoms with Crippen molar-refractivity contribution in [2.24, 2.45) is 0 Å². The van der Waals surface area contributed by atoms with Gasteiger partial charge in [0.2, 0.25) is 0 Å². The van der Waals surface area contributed by atoms with E-state index in [2.05, 4.69) is 10.2 Å². The number of pyridine rings is 1. The van der Waals surface area contributed by atoms with E-state index in [1.807, 2.05) is 6.92 Å². The van der Waals surface area contributed by atoms with Gasteiger partial charge >= 0.3 is 6.18 Å². The predicted molar refractivity (Wildman–Crippen MR) is 81.2 cm³/mol. The second-order valence-corrected chi connectivity index (χ2v) is 5.04. The molecule has 0 unspecified atom stereocenters. The molecule has 0 spiro atoms. The van der Waals surface area contributed by atoms with Crippen LogP contribution in [0.3, 0.4) is 0 Å². The molecule has 0 atom stereocenters. The molecule has 0 bridgehead atoms. The van der Waals surface area contributed by atoms with Gasteiger partial charge in [-0.3, -0.25) is 4.79 Å². The molecule has 0 radical (unpaired) electrons. The lowest BCUT2D eigenvalue weighted by Gasteiger charge is -2.22. The van der Waals surface area contributed by atoms with Crippen molar-refractivity contribution in [3.05, 3.63) is 45.5 Å². The van der Waals surface area contributed by atoms with Gasteiger partial charge in [0.15, 0.2) is 0 Å². The number of alkyl halides is 3. The Hall–Kier alpha value is -2.18. The fourth-order valence-electron chi connectivity index (χ4n) is 2.91. The third-order valence-electron chi connectivity index (χ3n) is 3.79. The van der Waals surface area contributed by atoms with Crippen LogP contribution in [0.2, 0.25) is 0 Å². The van der Waals surface area contributed by atoms with Gasteiger partial charge in [0, 0.05) is 24.0 Å². The van der Waals surface area contributed by atoms with Gasteiger partial charge < -0.3 is 4.57 Å². The maximum Gasteiger partial charge on any atom is 0.422 e. The summed E-state index contributed by atoms with van der Waals surface area (Å²) in [5.41, 5.74) is -0.806. The zero-order valence-corrected chi connectivity index (χ0v) is 13.2. The molecule has 2 aromatic heterocycles. The molecule has 0 aliphatic heterocycles. The Kier molecular flexibility index (Phi) is 4.87. The van der Waals surface area contributed by atoms with Crippen molar-refractivity contribution in [1.82, 2.24) is 14.8 Å². The Labute approximate surface area is 132 Å². The van der Waals surface area contributed by atoms with Gasteiger partial charge in [-0.15, -0.1) is 0 Å². The van der Waals surface area contributed by atoms with Crippen LogP contribution < -0.4 is 5.56 Å². The second-order valence-electron chi connectivity index (χ2n) is 5.04. The van der Waals surface area contributed by atoms with E-state index in [4.69, 9.17) is 0 Å². The first-order valence-corrected chi connectivity index (χ1v) is 7.50. The van der Waals surface area contributed by atoms with E-state index in [1.165, 1.54) is 10.8 Å². The van der Waals surface area contributed by atoms with Gasteiger partial charge in [-0.05, 0) is 37.5 Å². The summed E-state index contributed by atoms with van der Waals surface area (Å²) in [6.07, 6.45) is -2.72. The van der Waals surface area contributed by atoms with Crippen molar-refractivity contribution in [2.45, 2.75) is 46.3 Å². The zero-order chi connectivity index (χ0) is 17.2. The highest BCUT2D eigenvalue weighted by atomic mass is 19.4. The van der Waals surface area contributed by atoms with E-state index in [-0.39, 0.29) is 18.5 Å². The summed E-state index contributed by atoms with van der Waals surface area (Å²) >= 11 is 0. The summed E-state index contributed by atoms with van der Waals surface area (Å²) in [7, 11) is 0. The highest BCUT2D eigenvalue weighted by Crippen LogP contribution is 2.36. The Morgan fingerprint density at radius 1 is 1.17 bits per heavy atom. The van der Waals surface area contributed by atoms with Gasteiger partial charge in [-0.25, -0.2) is 0 Å². The predicted octanol–water partition coefficient (Wildman–Crippen LogP) is 3.47. The van der Waals surface area contributed by atoms with E-state index in [0.717, 1.165) is 0 Å². The molecule has 0 aromatic carbocycles. The molecule has 7 heteroatoms. The molecule has 124 valence electrons. The lowest BCUT2D eigenvalue weighted by molar-refractivity contribution is -0.139. The molecule has 2 heterocycles. The number of hydrogen-bond donors (Lipinski definition) is 0. The molecular weight excluding hydrogens is 307 g/mol. The molecule has 0 saturated heterocycles. The summed E-state index contributed by atoms with van der Waals surface area (Å²) in [5, 5.41) is 7.72. The van der Waals surface area contributed by atoms with E-state index in [1.54, 1.807) is 26.0 Å². The maximum atomic E-state index is 13.5. The van der Waals surface area contributed by atoms with Gasteiger partial charge in [-0.1, -0.05) is 13.8 Å². The maximum absolute atomic E-state index is 13.5. The van der Waals surface area contributed by atoms with Crippen LogP contribution in [0.25, 0.3) is 11.3 Å². The Morgan fingerprint density at radius 2 is 1.87 bits per heavy atom. The molecule has 0 amide bonds. The molecule has 23 heavy (non-hydrogen) atoms. The molecule has 0 aliphatic rings. The lowest BCUT2D eigenvalue weighted by atomic mass is 9.94. The van der Waals surface area contributed by atoms with E-state index < -0.39 is 17.3 Å². The summed E-state index contributed by atoms with van der Waals surface area (Å²) in [6.45, 7) is 5.25. The third kappa shape index (κ3) is 3.00. The fourth-order valence-corrected chi connectivity index (χ4v) is 2.91. The summed E-state index contributed by atoms with van der Waals surface area (Å²) in [6, 6.07) is 3.24. The van der Waals surface area contributed by atoms with Crippen molar-refractivity contribution in [3.8, 4) is 11.3 Å². The average Bonchev–Trinajstić information content (AvgIpc) is 2.52. The van der Waals surface area contributed by atoms with E-state index in [0.29, 0.717) is 23.4 Å². The zero-order valence-electron chi connectivity index (χ0n) is 13.2. The van der Waals surface area contributed by atoms with Crippen LogP contribution in [-0.2, 0) is 25.6 Å². The number of hydrogen-bond acceptors (Lipinski definition) is 3. The van der Waals surface area contributed by atoms with Gasteiger partial charge in [0.05, 0.1) is 5.69 Å². The SMILES string of the molecule is CCc1c(-c2cccnn2)c(CC)n(CC)c(=O)c1C(F)(F)F. The molecule has 0 saturated carbocycles. The van der Waals surface area contributed by atoms with Crippen molar-refractivity contribution < 1.29 is 13.2 Å². The number of halogens is 3. The molecule has 4 nitrogen and oxygen atoms in total. The number of nitrogens with zero attached hydrogens (tertiary/aromatic N) is 3. The minimum Gasteiger partial charge on any atom is -0.312 e. The van der Waals surface area contributed by atoms with Gasteiger partial charge in [-0.2, -0.15) is 23.4 Å². The second kappa shape index (κ2) is 6.52. The summed E-state index contributed by atoms with van der Waals surface area (Å²) < 4.78 is 41.7. The third-order valence-corrected chi connectivity index (χ3v) is 3.79. The normalized spacial score (nSPS) is 11.7. The Balaban J connectivity index is 3.02. The smallest absolute Gasteiger partial charge is 0.312 e. The van der Waals surface area contributed by atoms with Gasteiger partial charge in [0.1, 0.15) is 5.56 Å². The first-order valence-electron chi connectivity index (χ1n) is 7.50. The van der Waals surface area contributed by atoms with E-state index >= 15 is 0 Å². The van der Waals surface area contributed by atoms with Crippen molar-refractivity contribution in [1.29, 1.82) is 0 Å². The fraction of sp³-hybridized carbons (Fsp3) is 0.438. The molecular formula is C16H18F3N3O. The Morgan fingerprint density at radius 3 is 2.30 bits per heavy atom. The quantitative estimate of drug-likeness (QED) is 0.865. The van der Waals surface area contributed by atoms with Crippen LogP contribution in [0.15, 0.2) is 23.1 Å². The first-order chi connectivity index (χ1) is 10.9. The topological polar surface area (TPSA) is 47.8 Å². The largest absolute Gasteiger partial charge is 0.422 e. The van der Waals surface area contributed by atoms with Crippen LogP contribution in [-0.4, -0.2) is 14.8 Å². The highest BCUT2D eigenvalue weighted by Gasteiger charge is 2.39. The minimum atomic E-state index is -4.71. The van der Waals surface area contributed by atoms with Crippen LogP contribution in [0.5, 0.6) is 0 Å². The standard InChI is InChI=1S/C16H18F3N3O/c1-4-10-13(11-8-7-9-20-21-11)12(5-2)22(6-3)15(23)14(10)16(17,18)19/h7-9H,4-6H2,1-3H3. The van der Waals surface area contributed by atoms with Gasteiger partial charge in [0.25, 0.3) is 5.56 Å². The minimum absolute atomic E-state index is 0.00968. The molecule has 0 aliphatic carbocycles. The van der Waals surface area contributed by atoms with Crippen LogP contribution in [0, 0.1) is 0 Å². The molecule has 0 N–H and O–H groups in total. The molecule has 0 fully saturated rings.